The Hall–Kier alpha value is -4.46. The first kappa shape index (κ1) is 19.8. The number of carbonyl (C=O) groups excluding carboxylic acids is 1. The molecular weight excluding hydrogens is 400 g/mol. The van der Waals surface area contributed by atoms with Crippen molar-refractivity contribution in [3.8, 4) is 11.3 Å². The Balaban J connectivity index is 1.59. The third-order valence-electron chi connectivity index (χ3n) is 4.73. The van der Waals surface area contributed by atoms with Crippen molar-refractivity contribution < 1.29 is 29.0 Å². The summed E-state index contributed by atoms with van der Waals surface area (Å²) in [5.74, 6) is -1.57. The molecule has 1 aliphatic heterocycles. The van der Waals surface area contributed by atoms with E-state index in [2.05, 4.69) is 5.10 Å². The second-order valence-corrected chi connectivity index (χ2v) is 6.80. The molecular formula is C23H16N2O6. The van der Waals surface area contributed by atoms with E-state index < -0.39 is 11.9 Å². The van der Waals surface area contributed by atoms with Crippen LogP contribution in [0.4, 0.5) is 5.69 Å². The maximum Gasteiger partial charge on any atom is 0.335 e. The van der Waals surface area contributed by atoms with Gasteiger partial charge in [0.2, 0.25) is 0 Å². The summed E-state index contributed by atoms with van der Waals surface area (Å²) in [6, 6.07) is 15.6. The minimum Gasteiger partial charge on any atom is -0.478 e. The van der Waals surface area contributed by atoms with E-state index in [0.717, 1.165) is 0 Å². The molecule has 3 aromatic rings. The Labute approximate surface area is 176 Å². The van der Waals surface area contributed by atoms with Crippen molar-refractivity contribution in [1.29, 1.82) is 0 Å². The van der Waals surface area contributed by atoms with Crippen molar-refractivity contribution in [2.45, 2.75) is 6.92 Å². The van der Waals surface area contributed by atoms with Crippen LogP contribution in [-0.4, -0.2) is 33.8 Å². The second kappa shape index (κ2) is 7.75. The lowest BCUT2D eigenvalue weighted by molar-refractivity contribution is -0.114. The molecule has 0 saturated heterocycles. The number of aromatic carboxylic acids is 2. The van der Waals surface area contributed by atoms with Crippen LogP contribution in [0.15, 0.2) is 75.8 Å². The fraction of sp³-hybridized carbons (Fsp3) is 0.0435. The number of rotatable bonds is 5. The molecule has 31 heavy (non-hydrogen) atoms. The molecule has 0 fully saturated rings. The number of hydrogen-bond acceptors (Lipinski definition) is 5. The number of carbonyl (C=O) groups is 3. The van der Waals surface area contributed by atoms with Gasteiger partial charge in [-0.05, 0) is 61.5 Å². The molecule has 0 unspecified atom stereocenters. The molecule has 1 aliphatic rings. The van der Waals surface area contributed by atoms with Crippen molar-refractivity contribution in [3.63, 3.8) is 0 Å². The van der Waals surface area contributed by atoms with E-state index in [4.69, 9.17) is 14.6 Å². The molecule has 0 bridgehead atoms. The molecule has 2 heterocycles. The smallest absolute Gasteiger partial charge is 0.335 e. The number of hydrazone groups is 1. The van der Waals surface area contributed by atoms with Gasteiger partial charge in [-0.15, -0.1) is 0 Å². The Morgan fingerprint density at radius 1 is 0.968 bits per heavy atom. The number of benzene rings is 2. The minimum absolute atomic E-state index is 0.113. The quantitative estimate of drug-likeness (QED) is 0.603. The summed E-state index contributed by atoms with van der Waals surface area (Å²) >= 11 is 0. The number of nitrogens with zero attached hydrogens (tertiary/aromatic N) is 2. The standard InChI is InChI=1S/C23H16N2O6/c1-13-19(21(26)25(24-13)17-7-5-14(6-8-17)22(27)28)12-18-9-10-20(31-18)15-3-2-4-16(11-15)23(29)30/h2-12H,1H3,(H,27,28)(H,29,30)/b19-12-. The van der Waals surface area contributed by atoms with E-state index in [1.807, 2.05) is 0 Å². The third kappa shape index (κ3) is 3.86. The van der Waals surface area contributed by atoms with Crippen LogP contribution in [0.5, 0.6) is 0 Å². The second-order valence-electron chi connectivity index (χ2n) is 6.80. The number of amides is 1. The summed E-state index contributed by atoms with van der Waals surface area (Å²) in [4.78, 5) is 35.0. The Morgan fingerprint density at radius 3 is 2.35 bits per heavy atom. The molecule has 0 radical (unpaired) electrons. The Morgan fingerprint density at radius 2 is 1.68 bits per heavy atom. The zero-order valence-corrected chi connectivity index (χ0v) is 16.3. The normalized spacial score (nSPS) is 14.7. The van der Waals surface area contributed by atoms with E-state index in [0.29, 0.717) is 34.1 Å². The summed E-state index contributed by atoms with van der Waals surface area (Å²) < 4.78 is 5.79. The van der Waals surface area contributed by atoms with Gasteiger partial charge in [-0.1, -0.05) is 12.1 Å². The minimum atomic E-state index is -1.05. The molecule has 154 valence electrons. The average molecular weight is 416 g/mol. The maximum absolute atomic E-state index is 12.9. The maximum atomic E-state index is 12.9. The average Bonchev–Trinajstić information content (AvgIpc) is 3.34. The van der Waals surface area contributed by atoms with Crippen LogP contribution in [0.1, 0.15) is 33.4 Å². The molecule has 8 heteroatoms. The third-order valence-corrected chi connectivity index (χ3v) is 4.73. The predicted molar refractivity (Wildman–Crippen MR) is 113 cm³/mol. The Kier molecular flexibility index (Phi) is 4.96. The van der Waals surface area contributed by atoms with E-state index in [9.17, 15) is 14.4 Å². The Bertz CT molecular complexity index is 1270. The van der Waals surface area contributed by atoms with Crippen LogP contribution in [0.3, 0.4) is 0 Å². The van der Waals surface area contributed by atoms with Gasteiger partial charge >= 0.3 is 11.9 Å². The zero-order valence-electron chi connectivity index (χ0n) is 16.3. The van der Waals surface area contributed by atoms with E-state index in [-0.39, 0.29) is 17.0 Å². The van der Waals surface area contributed by atoms with Gasteiger partial charge in [0, 0.05) is 5.56 Å². The van der Waals surface area contributed by atoms with Gasteiger partial charge in [0.1, 0.15) is 11.5 Å². The molecule has 1 amide bonds. The highest BCUT2D eigenvalue weighted by Crippen LogP contribution is 2.28. The van der Waals surface area contributed by atoms with Crippen molar-refractivity contribution in [2.75, 3.05) is 5.01 Å². The molecule has 0 saturated carbocycles. The first-order chi connectivity index (χ1) is 14.8. The summed E-state index contributed by atoms with van der Waals surface area (Å²) in [6.45, 7) is 1.69. The number of anilines is 1. The van der Waals surface area contributed by atoms with Crippen molar-refractivity contribution in [2.24, 2.45) is 5.10 Å². The van der Waals surface area contributed by atoms with Crippen LogP contribution < -0.4 is 5.01 Å². The lowest BCUT2D eigenvalue weighted by atomic mass is 10.1. The SMILES string of the molecule is CC1=NN(c2ccc(C(=O)O)cc2)C(=O)/C1=C\c1ccc(-c2cccc(C(=O)O)c2)o1. The van der Waals surface area contributed by atoms with E-state index in [1.165, 1.54) is 41.4 Å². The number of furan rings is 1. The topological polar surface area (TPSA) is 120 Å². The van der Waals surface area contributed by atoms with Crippen LogP contribution in [-0.2, 0) is 4.79 Å². The zero-order chi connectivity index (χ0) is 22.1. The summed E-state index contributed by atoms with van der Waals surface area (Å²) in [5.41, 5.74) is 2.13. The van der Waals surface area contributed by atoms with Crippen molar-refractivity contribution in [1.82, 2.24) is 0 Å². The van der Waals surface area contributed by atoms with Gasteiger partial charge in [-0.25, -0.2) is 9.59 Å². The summed E-state index contributed by atoms with van der Waals surface area (Å²) in [6.07, 6.45) is 1.57. The fourth-order valence-corrected chi connectivity index (χ4v) is 3.14. The molecule has 8 nitrogen and oxygen atoms in total. The van der Waals surface area contributed by atoms with Gasteiger partial charge in [0.15, 0.2) is 0 Å². The summed E-state index contributed by atoms with van der Waals surface area (Å²) in [5, 5.41) is 23.6. The molecule has 4 rings (SSSR count). The molecule has 0 aliphatic carbocycles. The predicted octanol–water partition coefficient (Wildman–Crippen LogP) is 4.15. The lowest BCUT2D eigenvalue weighted by Crippen LogP contribution is -2.21. The number of hydrogen-bond donors (Lipinski definition) is 2. The van der Waals surface area contributed by atoms with Crippen molar-refractivity contribution >= 4 is 35.3 Å². The molecule has 2 N–H and O–H groups in total. The van der Waals surface area contributed by atoms with Crippen LogP contribution in [0.25, 0.3) is 17.4 Å². The molecule has 0 spiro atoms. The van der Waals surface area contributed by atoms with E-state index in [1.54, 1.807) is 37.3 Å². The molecule has 2 aromatic carbocycles. The van der Waals surface area contributed by atoms with Gasteiger partial charge in [-0.2, -0.15) is 10.1 Å². The number of carboxylic acids is 2. The van der Waals surface area contributed by atoms with Gasteiger partial charge in [-0.3, -0.25) is 4.79 Å². The molecule has 0 atom stereocenters. The lowest BCUT2D eigenvalue weighted by Gasteiger charge is -2.11. The largest absolute Gasteiger partial charge is 0.478 e. The molecule has 1 aromatic heterocycles. The highest BCUT2D eigenvalue weighted by Gasteiger charge is 2.29. The number of carboxylic acid groups (broad SMARTS) is 2. The highest BCUT2D eigenvalue weighted by atomic mass is 16.4. The summed E-state index contributed by atoms with van der Waals surface area (Å²) in [7, 11) is 0. The highest BCUT2D eigenvalue weighted by molar-refractivity contribution is 6.32. The van der Waals surface area contributed by atoms with Gasteiger partial charge < -0.3 is 14.6 Å². The first-order valence-corrected chi connectivity index (χ1v) is 9.22. The van der Waals surface area contributed by atoms with Crippen molar-refractivity contribution in [3.05, 3.63) is 83.1 Å². The first-order valence-electron chi connectivity index (χ1n) is 9.22. The van der Waals surface area contributed by atoms with E-state index >= 15 is 0 Å². The fourth-order valence-electron chi connectivity index (χ4n) is 3.14. The van der Waals surface area contributed by atoms with Crippen LogP contribution in [0, 0.1) is 0 Å². The van der Waals surface area contributed by atoms with Crippen LogP contribution in [0.2, 0.25) is 0 Å². The monoisotopic (exact) mass is 416 g/mol. The van der Waals surface area contributed by atoms with Gasteiger partial charge in [0.25, 0.3) is 5.91 Å². The van der Waals surface area contributed by atoms with Gasteiger partial charge in [0.05, 0.1) is 28.1 Å². The van der Waals surface area contributed by atoms with Crippen LogP contribution >= 0.6 is 0 Å².